The molecule has 1 N–H and O–H groups in total. The molecule has 7 heteroatoms. The van der Waals surface area contributed by atoms with Crippen LogP contribution in [0.5, 0.6) is 0 Å². The zero-order valence-electron chi connectivity index (χ0n) is 8.79. The molecule has 0 aromatic carbocycles. The standard InChI is InChI=1S/C10H8Br2N2O3/c1-16-4-6-7(12)10(15)14-9(13-6)8-5(11)2-3-17-8/h2-3H,4H2,1H3,(H,13,14,15). The Bertz CT molecular complexity index is 591. The Morgan fingerprint density at radius 1 is 1.53 bits per heavy atom. The normalized spacial score (nSPS) is 10.8. The highest BCUT2D eigenvalue weighted by atomic mass is 79.9. The van der Waals surface area contributed by atoms with Crippen LogP contribution in [0.4, 0.5) is 0 Å². The number of halogens is 2. The number of hydrogen-bond donors (Lipinski definition) is 1. The molecule has 0 aliphatic carbocycles. The molecule has 2 aromatic rings. The molecule has 90 valence electrons. The molecular weight excluding hydrogens is 356 g/mol. The van der Waals surface area contributed by atoms with E-state index in [1.54, 1.807) is 6.07 Å². The van der Waals surface area contributed by atoms with Crippen LogP contribution in [-0.2, 0) is 11.3 Å². The number of nitrogens with zero attached hydrogens (tertiary/aromatic N) is 1. The number of ether oxygens (including phenoxy) is 1. The Morgan fingerprint density at radius 3 is 2.88 bits per heavy atom. The summed E-state index contributed by atoms with van der Waals surface area (Å²) in [6.07, 6.45) is 1.51. The van der Waals surface area contributed by atoms with Gasteiger partial charge in [0.1, 0.15) is 4.47 Å². The largest absolute Gasteiger partial charge is 0.460 e. The zero-order valence-corrected chi connectivity index (χ0v) is 12.0. The van der Waals surface area contributed by atoms with Gasteiger partial charge >= 0.3 is 0 Å². The van der Waals surface area contributed by atoms with E-state index in [0.29, 0.717) is 21.8 Å². The van der Waals surface area contributed by atoms with Crippen molar-refractivity contribution in [2.45, 2.75) is 6.61 Å². The van der Waals surface area contributed by atoms with Crippen molar-refractivity contribution in [3.05, 3.63) is 37.3 Å². The summed E-state index contributed by atoms with van der Waals surface area (Å²) in [5.41, 5.74) is 0.250. The van der Waals surface area contributed by atoms with Gasteiger partial charge in [-0.2, -0.15) is 0 Å². The first-order chi connectivity index (χ1) is 8.13. The minimum Gasteiger partial charge on any atom is -0.460 e. The summed E-state index contributed by atoms with van der Waals surface area (Å²) in [5, 5.41) is 0. The number of aromatic nitrogens is 2. The van der Waals surface area contributed by atoms with Crippen molar-refractivity contribution in [3.8, 4) is 11.6 Å². The SMILES string of the molecule is COCc1nc(-c2occc2Br)[nH]c(=O)c1Br. The number of furan rings is 1. The third-order valence-corrected chi connectivity index (χ3v) is 3.49. The highest BCUT2D eigenvalue weighted by Crippen LogP contribution is 2.26. The molecule has 0 atom stereocenters. The second kappa shape index (κ2) is 5.16. The van der Waals surface area contributed by atoms with Crippen LogP contribution in [0.2, 0.25) is 0 Å². The van der Waals surface area contributed by atoms with Crippen molar-refractivity contribution in [1.82, 2.24) is 9.97 Å². The van der Waals surface area contributed by atoms with Gasteiger partial charge in [0.25, 0.3) is 5.56 Å². The van der Waals surface area contributed by atoms with E-state index in [0.717, 1.165) is 4.47 Å². The van der Waals surface area contributed by atoms with Gasteiger partial charge in [-0.1, -0.05) is 0 Å². The molecule has 17 heavy (non-hydrogen) atoms. The maximum absolute atomic E-state index is 11.7. The Morgan fingerprint density at radius 2 is 2.29 bits per heavy atom. The number of aromatic amines is 1. The maximum atomic E-state index is 11.7. The van der Waals surface area contributed by atoms with Gasteiger partial charge in [-0.15, -0.1) is 0 Å². The molecular formula is C10H8Br2N2O3. The minimum atomic E-state index is -0.273. The molecule has 0 saturated carbocycles. The maximum Gasteiger partial charge on any atom is 0.265 e. The number of rotatable bonds is 3. The number of hydrogen-bond acceptors (Lipinski definition) is 4. The molecule has 0 fully saturated rings. The van der Waals surface area contributed by atoms with Crippen LogP contribution in [0.25, 0.3) is 11.6 Å². The summed E-state index contributed by atoms with van der Waals surface area (Å²) < 4.78 is 11.3. The lowest BCUT2D eigenvalue weighted by molar-refractivity contribution is 0.180. The minimum absolute atomic E-state index is 0.246. The van der Waals surface area contributed by atoms with E-state index in [1.165, 1.54) is 13.4 Å². The molecule has 0 bridgehead atoms. The highest BCUT2D eigenvalue weighted by Gasteiger charge is 2.14. The van der Waals surface area contributed by atoms with Gasteiger partial charge in [0.05, 0.1) is 23.0 Å². The Hall–Kier alpha value is -0.920. The van der Waals surface area contributed by atoms with Crippen molar-refractivity contribution < 1.29 is 9.15 Å². The number of methoxy groups -OCH3 is 1. The lowest BCUT2D eigenvalue weighted by Crippen LogP contribution is -2.14. The smallest absolute Gasteiger partial charge is 0.265 e. The molecule has 5 nitrogen and oxygen atoms in total. The Balaban J connectivity index is 2.57. The van der Waals surface area contributed by atoms with Crippen LogP contribution >= 0.6 is 31.9 Å². The monoisotopic (exact) mass is 362 g/mol. The summed E-state index contributed by atoms with van der Waals surface area (Å²) >= 11 is 6.48. The first kappa shape index (κ1) is 12.5. The van der Waals surface area contributed by atoms with E-state index in [1.807, 2.05) is 0 Å². The fourth-order valence-electron chi connectivity index (χ4n) is 1.31. The first-order valence-electron chi connectivity index (χ1n) is 4.64. The van der Waals surface area contributed by atoms with Gasteiger partial charge in [-0.3, -0.25) is 4.79 Å². The molecule has 2 aromatic heterocycles. The van der Waals surface area contributed by atoms with Gasteiger partial charge in [0.2, 0.25) is 0 Å². The molecule has 0 aliphatic heterocycles. The quantitative estimate of drug-likeness (QED) is 0.910. The first-order valence-corrected chi connectivity index (χ1v) is 6.23. The molecule has 0 radical (unpaired) electrons. The predicted molar refractivity (Wildman–Crippen MR) is 68.7 cm³/mol. The third kappa shape index (κ3) is 2.51. The van der Waals surface area contributed by atoms with Gasteiger partial charge in [0, 0.05) is 7.11 Å². The van der Waals surface area contributed by atoms with E-state index in [2.05, 4.69) is 41.8 Å². The van der Waals surface area contributed by atoms with Crippen LogP contribution < -0.4 is 5.56 Å². The van der Waals surface area contributed by atoms with Gasteiger partial charge < -0.3 is 14.1 Å². The topological polar surface area (TPSA) is 68.1 Å². The van der Waals surface area contributed by atoms with Crippen molar-refractivity contribution in [2.24, 2.45) is 0 Å². The van der Waals surface area contributed by atoms with Crippen molar-refractivity contribution >= 4 is 31.9 Å². The number of H-pyrrole nitrogens is 1. The van der Waals surface area contributed by atoms with Crippen LogP contribution in [0.15, 0.2) is 30.5 Å². The molecule has 0 aliphatic rings. The molecule has 0 unspecified atom stereocenters. The zero-order chi connectivity index (χ0) is 12.4. The predicted octanol–water partition coefficient (Wildman–Crippen LogP) is 2.70. The van der Waals surface area contributed by atoms with Gasteiger partial charge in [-0.05, 0) is 37.9 Å². The van der Waals surface area contributed by atoms with Gasteiger partial charge in [0.15, 0.2) is 11.6 Å². The second-order valence-corrected chi connectivity index (χ2v) is 4.85. The summed E-state index contributed by atoms with van der Waals surface area (Å²) in [6, 6.07) is 1.73. The number of nitrogens with one attached hydrogen (secondary N) is 1. The highest BCUT2D eigenvalue weighted by molar-refractivity contribution is 9.10. The van der Waals surface area contributed by atoms with E-state index < -0.39 is 0 Å². The molecule has 0 spiro atoms. The molecule has 2 heterocycles. The average molecular weight is 364 g/mol. The molecule has 0 amide bonds. The van der Waals surface area contributed by atoms with Crippen molar-refractivity contribution in [1.29, 1.82) is 0 Å². The Kier molecular flexibility index (Phi) is 3.80. The van der Waals surface area contributed by atoms with Crippen LogP contribution in [0.3, 0.4) is 0 Å². The second-order valence-electron chi connectivity index (χ2n) is 3.21. The van der Waals surface area contributed by atoms with Crippen molar-refractivity contribution in [3.63, 3.8) is 0 Å². The summed E-state index contributed by atoms with van der Waals surface area (Å²) in [5.74, 6) is 0.842. The van der Waals surface area contributed by atoms with E-state index in [4.69, 9.17) is 9.15 Å². The Labute approximate surface area is 113 Å². The van der Waals surface area contributed by atoms with Crippen LogP contribution in [0.1, 0.15) is 5.69 Å². The van der Waals surface area contributed by atoms with Gasteiger partial charge in [-0.25, -0.2) is 4.98 Å². The van der Waals surface area contributed by atoms with E-state index >= 15 is 0 Å². The summed E-state index contributed by atoms with van der Waals surface area (Å²) in [6.45, 7) is 0.246. The average Bonchev–Trinajstić information content (AvgIpc) is 2.71. The van der Waals surface area contributed by atoms with E-state index in [9.17, 15) is 4.79 Å². The summed E-state index contributed by atoms with van der Waals surface area (Å²) in [4.78, 5) is 18.6. The molecule has 0 saturated heterocycles. The van der Waals surface area contributed by atoms with E-state index in [-0.39, 0.29) is 12.2 Å². The fourth-order valence-corrected chi connectivity index (χ4v) is 2.00. The van der Waals surface area contributed by atoms with Crippen LogP contribution in [-0.4, -0.2) is 17.1 Å². The summed E-state index contributed by atoms with van der Waals surface area (Å²) in [7, 11) is 1.54. The van der Waals surface area contributed by atoms with Crippen LogP contribution in [0, 0.1) is 0 Å². The fraction of sp³-hybridized carbons (Fsp3) is 0.200. The molecule has 2 rings (SSSR count). The van der Waals surface area contributed by atoms with Crippen molar-refractivity contribution in [2.75, 3.05) is 7.11 Å². The lowest BCUT2D eigenvalue weighted by atomic mass is 10.3. The lowest BCUT2D eigenvalue weighted by Gasteiger charge is -2.04. The third-order valence-electron chi connectivity index (χ3n) is 2.04.